The quantitative estimate of drug-likeness (QED) is 0.0192. The highest BCUT2D eigenvalue weighted by molar-refractivity contribution is 6.08. The Balaban J connectivity index is 0.538. The minimum Gasteiger partial charge on any atom is -0.493 e. The number of carbonyl (C=O) groups is 11. The van der Waals surface area contributed by atoms with E-state index in [-0.39, 0.29) is 247 Å². The predicted octanol–water partition coefficient (Wildman–Crippen LogP) is 2.34. The van der Waals surface area contributed by atoms with Crippen LogP contribution in [0.25, 0.3) is 22.5 Å². The first kappa shape index (κ1) is 110. The number of hydrogen-bond acceptors (Lipinski definition) is 36. The number of nitrogens with zero attached hydrogens (tertiary/aromatic N) is 8. The summed E-state index contributed by atoms with van der Waals surface area (Å²) in [5.41, 5.74) is 5.24. The van der Waals surface area contributed by atoms with Crippen LogP contribution in [-0.4, -0.2) is 361 Å². The van der Waals surface area contributed by atoms with Crippen molar-refractivity contribution in [2.75, 3.05) is 148 Å². The molecule has 8 heterocycles. The van der Waals surface area contributed by atoms with E-state index < -0.39 is 147 Å². The second-order valence-corrected chi connectivity index (χ2v) is 35.6. The Bertz CT molecular complexity index is 5990. The monoisotopic (exact) mass is 2060 g/mol. The summed E-state index contributed by atoms with van der Waals surface area (Å²) in [6.07, 6.45) is -24.7. The standard InChI is InChI=1S/C100H120N12O36/c1-54-41-68-93(126)111(66-47-74(72(135-5)45-61(66)91(124)109(68)49-54)141-30-12-7-13-31-142-75-48-67-62(46-73(75)136-6)92(125)110-50-55(2)42-69(110)94(127)112(67)100(133)144-53-57-20-22-71(64(44-57)90(123)104-29-34-134-4)146-98-86(121)82(117)84(119)88(148-98)96(130)131)99(132)143-52-56-19-21-70(145-97-85(120)81(116)83(118)87(147-97)95(128)129)63(43-56)89(122)103-27-14-26-101-76(113)24-32-137-35-37-139-39-40-140-38-36-138-33-25-77(114)102-28-23-78(115)108-51-58-15-8-9-16-59(58)80-79(105-106-107(80)3)60-17-10-11-18-65(60)108/h8-11,15-22,43-48,68-69,81-88,93-94,97-98,116-121,126-127H,1-2,7,12-14,23-42,49-53H2,3-6H3,(H,101,113)(H,102,114)(H,103,122)(H,104,123)(H,128,129)(H,130,131)/t68-,69-,81-,82-,83-,84-,85+,86+,87-,88-,93?,94?,97+,98+/m0/s1. The van der Waals surface area contributed by atoms with Gasteiger partial charge in [0.25, 0.3) is 23.6 Å². The van der Waals surface area contributed by atoms with Crippen molar-refractivity contribution in [3.63, 3.8) is 0 Å². The average molecular weight is 2070 g/mol. The third-order valence-electron chi connectivity index (χ3n) is 25.4. The van der Waals surface area contributed by atoms with Gasteiger partial charge >= 0.3 is 24.1 Å². The molecule has 1 aromatic heterocycles. The highest BCUT2D eigenvalue weighted by atomic mass is 16.7. The summed E-state index contributed by atoms with van der Waals surface area (Å²) in [6, 6.07) is 26.3. The second kappa shape index (κ2) is 51.0. The maximum absolute atomic E-state index is 14.8. The van der Waals surface area contributed by atoms with E-state index in [2.05, 4.69) is 44.7 Å². The van der Waals surface area contributed by atoms with Crippen molar-refractivity contribution in [1.82, 2.24) is 46.1 Å². The van der Waals surface area contributed by atoms with Crippen LogP contribution in [0.5, 0.6) is 34.5 Å². The second-order valence-electron chi connectivity index (χ2n) is 35.6. The van der Waals surface area contributed by atoms with Gasteiger partial charge in [0, 0.05) is 95.9 Å². The number of carbonyl (C=O) groups excluding carboxylic acids is 9. The number of unbranched alkanes of at least 4 members (excludes halogenated alkanes) is 2. The third-order valence-corrected chi connectivity index (χ3v) is 25.4. The number of methoxy groups -OCH3 is 3. The zero-order chi connectivity index (χ0) is 106. The number of amides is 9. The smallest absolute Gasteiger partial charge is 0.416 e. The molecule has 9 amide bonds. The third kappa shape index (κ3) is 26.0. The summed E-state index contributed by atoms with van der Waals surface area (Å²) in [5.74, 6) is -7.46. The fourth-order valence-electron chi connectivity index (χ4n) is 17.8. The van der Waals surface area contributed by atoms with Crippen LogP contribution in [0.4, 0.5) is 26.7 Å². The number of nitrogens with one attached hydrogen (secondary N) is 4. The van der Waals surface area contributed by atoms with Crippen LogP contribution < -0.4 is 64.4 Å². The molecule has 0 radical (unpaired) electrons. The first-order valence-electron chi connectivity index (χ1n) is 47.9. The van der Waals surface area contributed by atoms with Crippen LogP contribution >= 0.6 is 0 Å². The van der Waals surface area contributed by atoms with Crippen molar-refractivity contribution in [2.45, 2.75) is 163 Å². The van der Waals surface area contributed by atoms with E-state index in [4.69, 9.17) is 71.1 Å². The first-order chi connectivity index (χ1) is 71.3. The lowest BCUT2D eigenvalue weighted by Gasteiger charge is -2.38. The number of aliphatic hydroxyl groups excluding tert-OH is 8. The molecule has 48 heteroatoms. The van der Waals surface area contributed by atoms with Crippen LogP contribution in [0.15, 0.2) is 133 Å². The molecule has 0 spiro atoms. The zero-order valence-electron chi connectivity index (χ0n) is 81.6. The number of aromatic nitrogens is 3. The zero-order valence-corrected chi connectivity index (χ0v) is 81.6. The van der Waals surface area contributed by atoms with Gasteiger partial charge in [-0.1, -0.05) is 84.1 Å². The highest BCUT2D eigenvalue weighted by Crippen LogP contribution is 2.47. The Morgan fingerprint density at radius 1 is 0.446 bits per heavy atom. The van der Waals surface area contributed by atoms with Gasteiger partial charge in [0.05, 0.1) is 151 Å². The SMILES string of the molecule is C=C1C[C@H]2C(O)N(C(=O)OCc3ccc(O[C@@H]4O[C@H](C(=O)O)[C@@H](O)[C@H](O)[C@H]4O)c(C(=O)NCCCNC(=O)CCOCCOCCOCCOCCC(=O)NCCC(=O)N4Cc5ccccc5-c5c(nnn5C)-c5ccccc54)c3)c3cc(OCCCCCOc4cc5c(cc4OC)C(=O)N4CC(=C)C[C@H]4C(O)N5C(=O)OCc4ccc(O[C@@H]5O[C@H](C(=O)O)[C@@H](O)[C@H](O)[C@H]5O)c(C(=O)NCCOC)c4)c(OC)cc3C(=O)N2C1. The van der Waals surface area contributed by atoms with E-state index in [0.29, 0.717) is 48.3 Å². The highest BCUT2D eigenvalue weighted by Gasteiger charge is 2.53. The predicted molar refractivity (Wildman–Crippen MR) is 515 cm³/mol. The molecule has 4 saturated heterocycles. The van der Waals surface area contributed by atoms with E-state index in [1.54, 1.807) is 9.58 Å². The van der Waals surface area contributed by atoms with Gasteiger partial charge < -0.3 is 158 Å². The van der Waals surface area contributed by atoms with Crippen molar-refractivity contribution in [1.29, 1.82) is 0 Å². The molecule has 14 N–H and O–H groups in total. The summed E-state index contributed by atoms with van der Waals surface area (Å²) in [5, 5.41) is 127. The fourth-order valence-corrected chi connectivity index (χ4v) is 17.8. The number of carboxylic acid groups (broad SMARTS) is 2. The molecule has 14 atom stereocenters. The molecule has 2 unspecified atom stereocenters. The Kier molecular flexibility index (Phi) is 37.8. The largest absolute Gasteiger partial charge is 0.493 e. The molecule has 7 aromatic rings. The molecule has 7 aliphatic rings. The van der Waals surface area contributed by atoms with Crippen LogP contribution in [0, 0.1) is 0 Å². The molecule has 7 aliphatic heterocycles. The number of benzene rings is 6. The van der Waals surface area contributed by atoms with Crippen molar-refractivity contribution in [3.05, 3.63) is 172 Å². The topological polar surface area (TPSA) is 624 Å². The van der Waals surface area contributed by atoms with E-state index >= 15 is 0 Å². The van der Waals surface area contributed by atoms with Gasteiger partial charge in [-0.15, -0.1) is 5.10 Å². The van der Waals surface area contributed by atoms with Gasteiger partial charge in [-0.3, -0.25) is 33.6 Å². The number of carboxylic acids is 2. The number of aliphatic carboxylic acids is 2. The van der Waals surface area contributed by atoms with E-state index in [0.717, 1.165) is 32.2 Å². The van der Waals surface area contributed by atoms with Gasteiger partial charge in [0.15, 0.2) is 47.7 Å². The normalized spacial score (nSPS) is 21.7. The molecule has 6 aromatic carbocycles. The van der Waals surface area contributed by atoms with E-state index in [1.165, 1.54) is 91.8 Å². The van der Waals surface area contributed by atoms with Gasteiger partial charge in [0.2, 0.25) is 30.3 Å². The molecule has 14 rings (SSSR count). The minimum absolute atomic E-state index is 0.00356. The van der Waals surface area contributed by atoms with Crippen molar-refractivity contribution in [3.8, 4) is 57.0 Å². The summed E-state index contributed by atoms with van der Waals surface area (Å²) < 4.78 is 87.2. The number of rotatable bonds is 47. The summed E-state index contributed by atoms with van der Waals surface area (Å²) in [6.45, 7) is 8.95. The molecule has 148 heavy (non-hydrogen) atoms. The van der Waals surface area contributed by atoms with Crippen molar-refractivity contribution >= 4 is 82.5 Å². The fraction of sp³-hybridized carbons (Fsp3) is 0.470. The lowest BCUT2D eigenvalue weighted by atomic mass is 9.95. The number of aryl methyl sites for hydroxylation is 1. The summed E-state index contributed by atoms with van der Waals surface area (Å²) in [7, 11) is 5.90. The van der Waals surface area contributed by atoms with Crippen LogP contribution in [-0.2, 0) is 93.4 Å². The maximum Gasteiger partial charge on any atom is 0.416 e. The van der Waals surface area contributed by atoms with Gasteiger partial charge in [-0.25, -0.2) is 33.7 Å². The van der Waals surface area contributed by atoms with Crippen molar-refractivity contribution in [2.24, 2.45) is 7.05 Å². The Morgan fingerprint density at radius 2 is 0.899 bits per heavy atom. The molecule has 0 aliphatic carbocycles. The molecule has 0 bridgehead atoms. The van der Waals surface area contributed by atoms with Crippen LogP contribution in [0.2, 0.25) is 0 Å². The summed E-state index contributed by atoms with van der Waals surface area (Å²) >= 11 is 0. The van der Waals surface area contributed by atoms with Crippen LogP contribution in [0.1, 0.15) is 116 Å². The number of ether oxygens (including phenoxy) is 15. The molecule has 48 nitrogen and oxygen atoms in total. The van der Waals surface area contributed by atoms with Crippen molar-refractivity contribution < 1.29 is 175 Å². The Labute approximate surface area is 847 Å². The van der Waals surface area contributed by atoms with Crippen LogP contribution in [0.3, 0.4) is 0 Å². The van der Waals surface area contributed by atoms with E-state index in [1.807, 2.05) is 55.6 Å². The molecule has 4 fully saturated rings. The lowest BCUT2D eigenvalue weighted by molar-refractivity contribution is -0.271. The first-order valence-corrected chi connectivity index (χ1v) is 47.9. The molecule has 0 saturated carbocycles. The van der Waals surface area contributed by atoms with Gasteiger partial charge in [-0.05, 0) is 97.7 Å². The Hall–Kier alpha value is -14.1. The summed E-state index contributed by atoms with van der Waals surface area (Å²) in [4.78, 5) is 156. The van der Waals surface area contributed by atoms with Gasteiger partial charge in [-0.2, -0.15) is 0 Å². The lowest BCUT2D eigenvalue weighted by Crippen LogP contribution is -2.61. The average Bonchev–Trinajstić information content (AvgIpc) is 1.61. The van der Waals surface area contributed by atoms with E-state index in [9.17, 15) is 104 Å². The van der Waals surface area contributed by atoms with Gasteiger partial charge in [0.1, 0.15) is 67.0 Å². The number of hydrogen-bond donors (Lipinski definition) is 14. The molecular formula is C100H120N12O36. The maximum atomic E-state index is 14.8. The molecule has 796 valence electrons. The number of fused-ring (bicyclic) bond motifs is 9. The number of para-hydroxylation sites is 1. The minimum atomic E-state index is -2.09. The number of aliphatic hydroxyl groups is 8. The Morgan fingerprint density at radius 3 is 1.38 bits per heavy atom. The molecular weight excluding hydrogens is 1950 g/mol. The number of anilines is 3.